The third kappa shape index (κ3) is 7.50. The second-order valence-corrected chi connectivity index (χ2v) is 3.94. The molecule has 0 aliphatic rings. The minimum atomic E-state index is -2.11. The van der Waals surface area contributed by atoms with Gasteiger partial charge in [-0.1, -0.05) is 12.6 Å². The fourth-order valence-electron chi connectivity index (χ4n) is 0.808. The van der Waals surface area contributed by atoms with E-state index < -0.39 is 41.4 Å². The average molecular weight is 312 g/mol. The zero-order chi connectivity index (χ0) is 12.9. The van der Waals surface area contributed by atoms with E-state index in [4.69, 9.17) is 15.3 Å². The van der Waals surface area contributed by atoms with Gasteiger partial charge in [0, 0.05) is 0 Å². The van der Waals surface area contributed by atoms with Crippen molar-refractivity contribution in [3.8, 4) is 0 Å². The zero-order valence-electron chi connectivity index (χ0n) is 7.92. The van der Waals surface area contributed by atoms with Crippen LogP contribution in [0, 0.1) is 0 Å². The van der Waals surface area contributed by atoms with Crippen molar-refractivity contribution in [3.63, 3.8) is 0 Å². The molecule has 4 atom stereocenters. The van der Waals surface area contributed by atoms with Crippen molar-refractivity contribution in [3.05, 3.63) is 0 Å². The number of thiocarbonyl (C=S) groups is 1. The quantitative estimate of drug-likeness (QED) is 0.134. The summed E-state index contributed by atoms with van der Waals surface area (Å²) in [6.07, 6.45) is -7.72. The second-order valence-electron chi connectivity index (χ2n) is 2.86. The Morgan fingerprint density at radius 2 is 1.71 bits per heavy atom. The summed E-state index contributed by atoms with van der Waals surface area (Å²) >= 11 is 7.75. The normalized spacial score (nSPS) is 17.3. The van der Waals surface area contributed by atoms with Crippen LogP contribution in [0.5, 0.6) is 0 Å². The Balaban J connectivity index is 0. The van der Waals surface area contributed by atoms with Crippen molar-refractivity contribution in [2.45, 2.75) is 24.4 Å². The number of ether oxygens (including phenoxy) is 1. The second kappa shape index (κ2) is 10.2. The molecule has 7 nitrogen and oxygen atoms in total. The van der Waals surface area contributed by atoms with Crippen LogP contribution in [-0.2, 0) is 9.53 Å². The Kier molecular flexibility index (Phi) is 12.4. The van der Waals surface area contributed by atoms with Gasteiger partial charge in [-0.3, -0.25) is 0 Å². The third-order valence-corrected chi connectivity index (χ3v) is 1.86. The van der Waals surface area contributed by atoms with E-state index >= 15 is 0 Å². The van der Waals surface area contributed by atoms with Crippen LogP contribution in [0.4, 0.5) is 0 Å². The molecule has 0 amide bonds. The zero-order valence-corrected chi connectivity index (χ0v) is 9.64. The van der Waals surface area contributed by atoms with Crippen LogP contribution in [-0.4, -0.2) is 118 Å². The van der Waals surface area contributed by atoms with Crippen LogP contribution < -0.4 is 0 Å². The molecule has 0 unspecified atom stereocenters. The molecule has 96 valence electrons. The Morgan fingerprint density at radius 1 is 1.24 bits per heavy atom. The molecule has 17 heavy (non-hydrogen) atoms. The van der Waals surface area contributed by atoms with E-state index in [0.717, 1.165) is 0 Å². The van der Waals surface area contributed by atoms with Crippen molar-refractivity contribution < 1.29 is 35.1 Å². The van der Waals surface area contributed by atoms with Gasteiger partial charge in [0.1, 0.15) is 18.3 Å². The molecule has 0 fully saturated rings. The molecular formula is C7H13KO7S2. The first-order chi connectivity index (χ1) is 7.31. The number of hydrogen-bond acceptors (Lipinski definition) is 8. The van der Waals surface area contributed by atoms with E-state index in [0.29, 0.717) is 0 Å². The van der Waals surface area contributed by atoms with Crippen LogP contribution in [0.1, 0.15) is 0 Å². The molecule has 0 rings (SSSR count). The monoisotopic (exact) mass is 312 g/mol. The molecular weight excluding hydrogens is 299 g/mol. The molecule has 0 saturated heterocycles. The predicted molar refractivity (Wildman–Crippen MR) is 65.9 cm³/mol. The summed E-state index contributed by atoms with van der Waals surface area (Å²) in [5, 5.41) is 45.0. The molecule has 0 aromatic carbocycles. The Hall–Kier alpha value is 1.35. The number of esters is 1. The van der Waals surface area contributed by atoms with E-state index in [1.165, 1.54) is 0 Å². The Labute approximate surface area is 151 Å². The number of aliphatic hydroxyl groups excluding tert-OH is 5. The molecule has 0 aliphatic carbocycles. The van der Waals surface area contributed by atoms with Crippen LogP contribution in [0.15, 0.2) is 0 Å². The molecule has 0 radical (unpaired) electrons. The van der Waals surface area contributed by atoms with Gasteiger partial charge in [0.25, 0.3) is 0 Å². The first-order valence-electron chi connectivity index (χ1n) is 4.09. The van der Waals surface area contributed by atoms with E-state index in [1.54, 1.807) is 0 Å². The van der Waals surface area contributed by atoms with E-state index in [-0.39, 0.29) is 51.4 Å². The first-order valence-corrected chi connectivity index (χ1v) is 4.94. The summed E-state index contributed by atoms with van der Waals surface area (Å²) in [6, 6.07) is 0. The van der Waals surface area contributed by atoms with Gasteiger partial charge in [-0.15, -0.1) is 0 Å². The first kappa shape index (κ1) is 20.7. The van der Waals surface area contributed by atoms with Gasteiger partial charge in [0.2, 0.25) is 4.38 Å². The molecule has 0 bridgehead atoms. The van der Waals surface area contributed by atoms with E-state index in [1.807, 2.05) is 0 Å². The summed E-state index contributed by atoms with van der Waals surface area (Å²) in [6.45, 7) is -0.842. The van der Waals surface area contributed by atoms with Crippen LogP contribution in [0.2, 0.25) is 0 Å². The molecule has 0 spiro atoms. The average Bonchev–Trinajstić information content (AvgIpc) is 2.23. The van der Waals surface area contributed by atoms with E-state index in [9.17, 15) is 15.0 Å². The van der Waals surface area contributed by atoms with Crippen LogP contribution >= 0.6 is 24.8 Å². The van der Waals surface area contributed by atoms with Gasteiger partial charge < -0.3 is 30.3 Å². The number of aliphatic hydroxyl groups is 5. The van der Waals surface area contributed by atoms with Crippen molar-refractivity contribution in [1.29, 1.82) is 0 Å². The van der Waals surface area contributed by atoms with Crippen molar-refractivity contribution in [1.82, 2.24) is 0 Å². The maximum atomic E-state index is 11.0. The Bertz CT molecular complexity index is 265. The molecule has 0 aromatic rings. The summed E-state index contributed by atoms with van der Waals surface area (Å²) in [4.78, 5) is 11.0. The fourth-order valence-corrected chi connectivity index (χ4v) is 0.980. The molecule has 0 aromatic heterocycles. The number of thiol groups is 1. The Morgan fingerprint density at radius 3 is 2.06 bits per heavy atom. The summed E-state index contributed by atoms with van der Waals surface area (Å²) in [5.74, 6) is -1.32. The number of rotatable bonds is 5. The summed E-state index contributed by atoms with van der Waals surface area (Å²) < 4.78 is 3.72. The number of hydrogen-bond donors (Lipinski definition) is 6. The molecule has 0 heterocycles. The van der Waals surface area contributed by atoms with Crippen molar-refractivity contribution >= 4 is 86.6 Å². The summed E-state index contributed by atoms with van der Waals surface area (Å²) in [5.41, 5.74) is 0. The van der Waals surface area contributed by atoms with Crippen molar-refractivity contribution in [2.24, 2.45) is 0 Å². The third-order valence-electron chi connectivity index (χ3n) is 1.68. The molecule has 0 aliphatic heterocycles. The van der Waals surface area contributed by atoms with Gasteiger partial charge in [-0.05, 0) is 12.2 Å². The maximum absolute atomic E-state index is 11.0. The molecule has 0 saturated carbocycles. The SMILES string of the molecule is O=C(OC(=S)S)[C@H](O)[C@@H](O)[C@H](O)[C@H](O)CO.[KH]. The predicted octanol–water partition coefficient (Wildman–Crippen LogP) is -3.47. The van der Waals surface area contributed by atoms with Gasteiger partial charge in [-0.25, -0.2) is 4.79 Å². The topological polar surface area (TPSA) is 127 Å². The standard InChI is InChI=1S/C7H12O7S2.K.H/c8-1-2(9)3(10)4(11)5(12)6(13)14-7(15)16;;/h2-5,8-12H,1H2,(H,15,16);;/t2-,3-,4+,5-;;/m1../s1. The van der Waals surface area contributed by atoms with Crippen LogP contribution in [0.25, 0.3) is 0 Å². The summed E-state index contributed by atoms with van der Waals surface area (Å²) in [7, 11) is 0. The van der Waals surface area contributed by atoms with E-state index in [2.05, 4.69) is 29.6 Å². The van der Waals surface area contributed by atoms with Gasteiger partial charge >= 0.3 is 57.4 Å². The number of carbonyl (C=O) groups excluding carboxylic acids is 1. The molecule has 10 heteroatoms. The van der Waals surface area contributed by atoms with Crippen LogP contribution in [0.3, 0.4) is 0 Å². The molecule has 5 N–H and O–H groups in total. The van der Waals surface area contributed by atoms with Gasteiger partial charge in [0.05, 0.1) is 6.61 Å². The fraction of sp³-hybridized carbons (Fsp3) is 0.714. The number of carbonyl (C=O) groups is 1. The van der Waals surface area contributed by atoms with Gasteiger partial charge in [-0.2, -0.15) is 0 Å². The minimum absolute atomic E-state index is 0. The van der Waals surface area contributed by atoms with Gasteiger partial charge in [0.15, 0.2) is 6.10 Å². The van der Waals surface area contributed by atoms with Crippen molar-refractivity contribution in [2.75, 3.05) is 6.61 Å².